The average Bonchev–Trinajstić information content (AvgIpc) is 3.38. The summed E-state index contributed by atoms with van der Waals surface area (Å²) in [5.41, 5.74) is 0.804. The molecule has 0 aromatic heterocycles. The third-order valence-corrected chi connectivity index (χ3v) is 7.32. The van der Waals surface area contributed by atoms with Crippen molar-refractivity contribution < 1.29 is 23.1 Å². The standard InChI is InChI=1S/C18H23N3O5S/c22-17(19-27(25,26)20-7-1-2-8-20)15-6-4-13(18(23)24)10-16(15)21-11-12-3-5-14(21)9-12/h4,6,10,12,14H,1-3,5,7-9,11H2,(H,19,22)(H,23,24). The van der Waals surface area contributed by atoms with Crippen LogP contribution < -0.4 is 9.62 Å². The molecule has 27 heavy (non-hydrogen) atoms. The highest BCUT2D eigenvalue weighted by Gasteiger charge is 2.39. The minimum Gasteiger partial charge on any atom is -0.478 e. The third kappa shape index (κ3) is 3.41. The van der Waals surface area contributed by atoms with Crippen LogP contribution in [0.2, 0.25) is 0 Å². The van der Waals surface area contributed by atoms with E-state index in [2.05, 4.69) is 9.62 Å². The molecule has 2 heterocycles. The van der Waals surface area contributed by atoms with Crippen LogP contribution in [0.25, 0.3) is 0 Å². The van der Waals surface area contributed by atoms with Gasteiger partial charge in [0.05, 0.1) is 16.8 Å². The Kier molecular flexibility index (Phi) is 4.59. The van der Waals surface area contributed by atoms with E-state index in [0.29, 0.717) is 24.7 Å². The monoisotopic (exact) mass is 393 g/mol. The van der Waals surface area contributed by atoms with Crippen LogP contribution >= 0.6 is 0 Å². The molecule has 3 aliphatic rings. The van der Waals surface area contributed by atoms with Crippen molar-refractivity contribution in [3.8, 4) is 0 Å². The number of carboxylic acids is 1. The zero-order valence-corrected chi connectivity index (χ0v) is 15.7. The summed E-state index contributed by atoms with van der Waals surface area (Å²) in [6.45, 7) is 1.58. The van der Waals surface area contributed by atoms with Gasteiger partial charge in [0.2, 0.25) is 0 Å². The number of fused-ring (bicyclic) bond motifs is 2. The van der Waals surface area contributed by atoms with E-state index in [-0.39, 0.29) is 17.2 Å². The van der Waals surface area contributed by atoms with Crippen LogP contribution in [-0.4, -0.2) is 55.4 Å². The summed E-state index contributed by atoms with van der Waals surface area (Å²) in [7, 11) is -3.89. The number of benzene rings is 1. The Morgan fingerprint density at radius 2 is 1.89 bits per heavy atom. The van der Waals surface area contributed by atoms with Crippen molar-refractivity contribution in [2.24, 2.45) is 5.92 Å². The first kappa shape index (κ1) is 18.2. The predicted octanol–water partition coefficient (Wildman–Crippen LogP) is 1.44. The number of hydrogen-bond donors (Lipinski definition) is 2. The van der Waals surface area contributed by atoms with Crippen LogP contribution in [-0.2, 0) is 10.2 Å². The van der Waals surface area contributed by atoms with E-state index in [4.69, 9.17) is 0 Å². The fourth-order valence-electron chi connectivity index (χ4n) is 4.48. The number of carbonyl (C=O) groups excluding carboxylic acids is 1. The van der Waals surface area contributed by atoms with Gasteiger partial charge in [-0.15, -0.1) is 0 Å². The van der Waals surface area contributed by atoms with Gasteiger partial charge in [-0.1, -0.05) is 0 Å². The van der Waals surface area contributed by atoms with Crippen molar-refractivity contribution in [3.05, 3.63) is 29.3 Å². The van der Waals surface area contributed by atoms with Gasteiger partial charge in [0.15, 0.2) is 0 Å². The van der Waals surface area contributed by atoms with Crippen molar-refractivity contribution in [1.82, 2.24) is 9.03 Å². The number of carboxylic acid groups (broad SMARTS) is 1. The Bertz CT molecular complexity index is 879. The van der Waals surface area contributed by atoms with Gasteiger partial charge in [0.1, 0.15) is 0 Å². The van der Waals surface area contributed by atoms with Crippen molar-refractivity contribution in [3.63, 3.8) is 0 Å². The number of amides is 1. The smallest absolute Gasteiger partial charge is 0.335 e. The first-order valence-electron chi connectivity index (χ1n) is 9.31. The maximum atomic E-state index is 12.8. The van der Waals surface area contributed by atoms with Gasteiger partial charge >= 0.3 is 16.2 Å². The number of nitrogens with one attached hydrogen (secondary N) is 1. The van der Waals surface area contributed by atoms with Gasteiger partial charge in [-0.25, -0.2) is 9.52 Å². The molecule has 1 amide bonds. The fraction of sp³-hybridized carbons (Fsp3) is 0.556. The zero-order valence-electron chi connectivity index (χ0n) is 14.9. The molecule has 4 rings (SSSR count). The molecule has 2 aliphatic heterocycles. The number of piperidine rings is 1. The second-order valence-electron chi connectivity index (χ2n) is 7.56. The predicted molar refractivity (Wildman–Crippen MR) is 99.1 cm³/mol. The molecule has 9 heteroatoms. The molecule has 146 valence electrons. The van der Waals surface area contributed by atoms with Crippen LogP contribution in [0.3, 0.4) is 0 Å². The number of hydrogen-bond acceptors (Lipinski definition) is 5. The topological polar surface area (TPSA) is 107 Å². The van der Waals surface area contributed by atoms with Crippen molar-refractivity contribution in [1.29, 1.82) is 0 Å². The first-order chi connectivity index (χ1) is 12.8. The molecule has 2 bridgehead atoms. The number of carbonyl (C=O) groups is 2. The third-order valence-electron chi connectivity index (χ3n) is 5.83. The Morgan fingerprint density at radius 1 is 1.15 bits per heavy atom. The summed E-state index contributed by atoms with van der Waals surface area (Å²) in [5.74, 6) is -1.23. The van der Waals surface area contributed by atoms with Crippen molar-refractivity contribution >= 4 is 27.8 Å². The lowest BCUT2D eigenvalue weighted by molar-refractivity contribution is 0.0696. The maximum absolute atomic E-state index is 12.8. The Hall–Kier alpha value is -2.13. The van der Waals surface area contributed by atoms with E-state index in [1.165, 1.54) is 22.5 Å². The normalized spacial score (nSPS) is 25.1. The fourth-order valence-corrected chi connectivity index (χ4v) is 5.69. The first-order valence-corrected chi connectivity index (χ1v) is 10.8. The van der Waals surface area contributed by atoms with Crippen molar-refractivity contribution in [2.75, 3.05) is 24.5 Å². The van der Waals surface area contributed by atoms with Gasteiger partial charge < -0.3 is 10.0 Å². The summed E-state index contributed by atoms with van der Waals surface area (Å²) in [6.07, 6.45) is 4.75. The van der Waals surface area contributed by atoms with Gasteiger partial charge in [-0.05, 0) is 56.2 Å². The highest BCUT2D eigenvalue weighted by Crippen LogP contribution is 2.41. The van der Waals surface area contributed by atoms with Gasteiger partial charge in [0, 0.05) is 25.7 Å². The summed E-state index contributed by atoms with van der Waals surface area (Å²) >= 11 is 0. The molecule has 0 radical (unpaired) electrons. The maximum Gasteiger partial charge on any atom is 0.335 e. The molecule has 1 aromatic carbocycles. The number of anilines is 1. The van der Waals surface area contributed by atoms with Gasteiger partial charge in [-0.3, -0.25) is 4.79 Å². The molecule has 2 N–H and O–H groups in total. The van der Waals surface area contributed by atoms with E-state index in [1.807, 2.05) is 0 Å². The summed E-state index contributed by atoms with van der Waals surface area (Å²) in [4.78, 5) is 26.2. The molecule has 2 atom stereocenters. The minimum absolute atomic E-state index is 0.0896. The summed E-state index contributed by atoms with van der Waals surface area (Å²) in [5, 5.41) is 9.32. The highest BCUT2D eigenvalue weighted by molar-refractivity contribution is 7.87. The van der Waals surface area contributed by atoms with Crippen LogP contribution in [0.5, 0.6) is 0 Å². The van der Waals surface area contributed by atoms with E-state index in [1.54, 1.807) is 0 Å². The van der Waals surface area contributed by atoms with Crippen LogP contribution in [0, 0.1) is 5.92 Å². The van der Waals surface area contributed by atoms with E-state index < -0.39 is 22.1 Å². The number of rotatable bonds is 5. The van der Waals surface area contributed by atoms with E-state index in [9.17, 15) is 23.1 Å². The lowest BCUT2D eigenvalue weighted by Crippen LogP contribution is -2.43. The Morgan fingerprint density at radius 3 is 2.48 bits per heavy atom. The molecular formula is C18H23N3O5S. The van der Waals surface area contributed by atoms with Gasteiger partial charge in [0.25, 0.3) is 5.91 Å². The molecule has 1 aromatic rings. The average molecular weight is 393 g/mol. The summed E-state index contributed by atoms with van der Waals surface area (Å²) in [6, 6.07) is 4.53. The largest absolute Gasteiger partial charge is 0.478 e. The second kappa shape index (κ2) is 6.79. The molecule has 1 saturated carbocycles. The van der Waals surface area contributed by atoms with Crippen LogP contribution in [0.15, 0.2) is 18.2 Å². The molecule has 3 fully saturated rings. The number of nitrogens with zero attached hydrogens (tertiary/aromatic N) is 2. The molecule has 8 nitrogen and oxygen atoms in total. The second-order valence-corrected chi connectivity index (χ2v) is 9.24. The zero-order chi connectivity index (χ0) is 19.2. The van der Waals surface area contributed by atoms with Gasteiger partial charge in [-0.2, -0.15) is 12.7 Å². The lowest BCUT2D eigenvalue weighted by atomic mass is 10.0. The van der Waals surface area contributed by atoms with Crippen LogP contribution in [0.4, 0.5) is 5.69 Å². The molecule has 2 unspecified atom stereocenters. The highest BCUT2D eigenvalue weighted by atomic mass is 32.2. The Labute approximate surface area is 158 Å². The SMILES string of the molecule is O=C(O)c1ccc(C(=O)NS(=O)(=O)N2CCCC2)c(N2CC3CCC2C3)c1. The van der Waals surface area contributed by atoms with Crippen molar-refractivity contribution in [2.45, 2.75) is 38.1 Å². The summed E-state index contributed by atoms with van der Waals surface area (Å²) < 4.78 is 28.3. The van der Waals surface area contributed by atoms with E-state index in [0.717, 1.165) is 38.6 Å². The Balaban J connectivity index is 1.65. The molecular weight excluding hydrogens is 370 g/mol. The lowest BCUT2D eigenvalue weighted by Gasteiger charge is -2.31. The van der Waals surface area contributed by atoms with Crippen LogP contribution in [0.1, 0.15) is 52.8 Å². The van der Waals surface area contributed by atoms with E-state index >= 15 is 0 Å². The number of aromatic carboxylic acids is 1. The minimum atomic E-state index is -3.89. The molecule has 2 saturated heterocycles. The quantitative estimate of drug-likeness (QED) is 0.784. The molecule has 0 spiro atoms. The molecule has 1 aliphatic carbocycles.